The van der Waals surface area contributed by atoms with Crippen molar-refractivity contribution < 1.29 is 8.42 Å². The van der Waals surface area contributed by atoms with E-state index in [0.29, 0.717) is 5.69 Å². The Morgan fingerprint density at radius 3 is 2.37 bits per heavy atom. The Labute approximate surface area is 178 Å². The molecule has 4 rings (SSSR count). The number of nitrogens with zero attached hydrogens (tertiary/aromatic N) is 2. The maximum atomic E-state index is 11.8. The van der Waals surface area contributed by atoms with E-state index < -0.39 is 10.0 Å². The van der Waals surface area contributed by atoms with E-state index in [1.54, 1.807) is 19.1 Å². The quantitative estimate of drug-likeness (QED) is 0.591. The van der Waals surface area contributed by atoms with Crippen molar-refractivity contribution in [1.29, 1.82) is 0 Å². The Balaban J connectivity index is 1.70. The number of rotatable bonds is 7. The molecule has 3 N–H and O–H groups in total. The Morgan fingerprint density at radius 1 is 1.03 bits per heavy atom. The molecule has 1 aliphatic heterocycles. The van der Waals surface area contributed by atoms with Crippen molar-refractivity contribution in [2.45, 2.75) is 39.8 Å². The number of likely N-dealkylation sites (tertiary alicyclic amines) is 1. The van der Waals surface area contributed by atoms with Gasteiger partial charge in [0.1, 0.15) is 0 Å². The number of hydrogen-bond donors (Lipinski definition) is 2. The standard InChI is InChI=1S/C23H30N4O2S/c1-3-27-21-15-17(16-26-13-5-6-14-26)7-12-20(21)22(24)23(27)18-8-10-19(11-9-18)25-30(28,29)4-2/h7-12,15,25H,3-6,13-14,16,24H2,1-2H3. The second-order valence-corrected chi connectivity index (χ2v) is 9.94. The number of aryl methyl sites for hydroxylation is 1. The van der Waals surface area contributed by atoms with Crippen LogP contribution in [0.1, 0.15) is 32.3 Å². The van der Waals surface area contributed by atoms with E-state index in [4.69, 9.17) is 5.73 Å². The second kappa shape index (κ2) is 8.32. The van der Waals surface area contributed by atoms with Crippen LogP contribution < -0.4 is 10.5 Å². The molecule has 160 valence electrons. The van der Waals surface area contributed by atoms with Crippen molar-refractivity contribution in [3.8, 4) is 11.3 Å². The third-order valence-electron chi connectivity index (χ3n) is 5.90. The molecule has 0 atom stereocenters. The van der Waals surface area contributed by atoms with Crippen LogP contribution in [0, 0.1) is 0 Å². The Bertz CT molecular complexity index is 1140. The lowest BCUT2D eigenvalue weighted by Gasteiger charge is -2.15. The highest BCUT2D eigenvalue weighted by Gasteiger charge is 2.18. The fraction of sp³-hybridized carbons (Fsp3) is 0.391. The molecule has 0 saturated carbocycles. The van der Waals surface area contributed by atoms with Crippen LogP contribution in [-0.2, 0) is 23.1 Å². The van der Waals surface area contributed by atoms with Gasteiger partial charge in [-0.3, -0.25) is 9.62 Å². The summed E-state index contributed by atoms with van der Waals surface area (Å²) in [4.78, 5) is 2.50. The molecule has 1 aliphatic rings. The third-order valence-corrected chi connectivity index (χ3v) is 7.21. The monoisotopic (exact) mass is 426 g/mol. The molecule has 1 aromatic heterocycles. The first kappa shape index (κ1) is 20.8. The van der Waals surface area contributed by atoms with Gasteiger partial charge >= 0.3 is 0 Å². The summed E-state index contributed by atoms with van der Waals surface area (Å²) in [6, 6.07) is 14.0. The molecule has 6 nitrogen and oxygen atoms in total. The van der Waals surface area contributed by atoms with E-state index in [9.17, 15) is 8.42 Å². The summed E-state index contributed by atoms with van der Waals surface area (Å²) in [6.45, 7) is 7.88. The molecule has 1 fully saturated rings. The van der Waals surface area contributed by atoms with E-state index >= 15 is 0 Å². The maximum absolute atomic E-state index is 11.8. The number of fused-ring (bicyclic) bond motifs is 1. The molecular weight excluding hydrogens is 396 g/mol. The van der Waals surface area contributed by atoms with Crippen LogP contribution in [-0.4, -0.2) is 36.7 Å². The lowest BCUT2D eigenvalue weighted by Crippen LogP contribution is -2.18. The van der Waals surface area contributed by atoms with Crippen LogP contribution in [0.4, 0.5) is 11.4 Å². The van der Waals surface area contributed by atoms with Gasteiger partial charge in [0.15, 0.2) is 0 Å². The minimum Gasteiger partial charge on any atom is -0.396 e. The largest absolute Gasteiger partial charge is 0.396 e. The van der Waals surface area contributed by atoms with Crippen molar-refractivity contribution in [2.75, 3.05) is 29.3 Å². The average molecular weight is 427 g/mol. The van der Waals surface area contributed by atoms with Crippen LogP contribution in [0.15, 0.2) is 42.5 Å². The number of aromatic nitrogens is 1. The number of nitrogens with two attached hydrogens (primary N) is 1. The molecule has 3 aromatic rings. The van der Waals surface area contributed by atoms with E-state index in [1.165, 1.54) is 31.5 Å². The van der Waals surface area contributed by atoms with Crippen LogP contribution >= 0.6 is 0 Å². The van der Waals surface area contributed by atoms with Crippen molar-refractivity contribution in [3.05, 3.63) is 48.0 Å². The van der Waals surface area contributed by atoms with Crippen molar-refractivity contribution in [2.24, 2.45) is 0 Å². The first-order chi connectivity index (χ1) is 14.4. The van der Waals surface area contributed by atoms with Crippen molar-refractivity contribution in [1.82, 2.24) is 9.47 Å². The molecule has 7 heteroatoms. The molecule has 30 heavy (non-hydrogen) atoms. The van der Waals surface area contributed by atoms with E-state index in [-0.39, 0.29) is 5.75 Å². The van der Waals surface area contributed by atoms with Crippen LogP contribution in [0.5, 0.6) is 0 Å². The molecule has 2 aromatic carbocycles. The summed E-state index contributed by atoms with van der Waals surface area (Å²) in [7, 11) is -3.29. The molecule has 0 spiro atoms. The van der Waals surface area contributed by atoms with Crippen LogP contribution in [0.2, 0.25) is 0 Å². The fourth-order valence-corrected chi connectivity index (χ4v) is 4.95. The summed E-state index contributed by atoms with van der Waals surface area (Å²) in [5.41, 5.74) is 12.3. The number of nitrogens with one attached hydrogen (secondary N) is 1. The van der Waals surface area contributed by atoms with Gasteiger partial charge in [-0.2, -0.15) is 0 Å². The molecule has 2 heterocycles. The topological polar surface area (TPSA) is 80.4 Å². The van der Waals surface area contributed by atoms with Gasteiger partial charge < -0.3 is 10.3 Å². The Hall–Kier alpha value is -2.51. The summed E-state index contributed by atoms with van der Waals surface area (Å²) >= 11 is 0. The average Bonchev–Trinajstić information content (AvgIpc) is 3.34. The number of nitrogen functional groups attached to an aromatic ring is 1. The SMILES string of the molecule is CCn1c(-c2ccc(NS(=O)(=O)CC)cc2)c(N)c2ccc(CN3CCCC3)cc21. The zero-order valence-electron chi connectivity index (χ0n) is 17.7. The zero-order chi connectivity index (χ0) is 21.3. The zero-order valence-corrected chi connectivity index (χ0v) is 18.5. The lowest BCUT2D eigenvalue weighted by molar-refractivity contribution is 0.331. The van der Waals surface area contributed by atoms with Crippen molar-refractivity contribution in [3.63, 3.8) is 0 Å². The van der Waals surface area contributed by atoms with Crippen LogP contribution in [0.3, 0.4) is 0 Å². The summed E-state index contributed by atoms with van der Waals surface area (Å²) < 4.78 is 28.5. The molecule has 0 aliphatic carbocycles. The minimum atomic E-state index is -3.29. The van der Waals surface area contributed by atoms with Gasteiger partial charge in [0.2, 0.25) is 10.0 Å². The Morgan fingerprint density at radius 2 is 1.73 bits per heavy atom. The first-order valence-corrected chi connectivity index (χ1v) is 12.3. The molecular formula is C23H30N4O2S. The van der Waals surface area contributed by atoms with Gasteiger partial charge in [0.05, 0.1) is 22.7 Å². The fourth-order valence-electron chi connectivity index (χ4n) is 4.31. The summed E-state index contributed by atoms with van der Waals surface area (Å²) in [5.74, 6) is 0.0472. The predicted molar refractivity (Wildman–Crippen MR) is 125 cm³/mol. The molecule has 0 unspecified atom stereocenters. The minimum absolute atomic E-state index is 0.0472. The highest BCUT2D eigenvalue weighted by molar-refractivity contribution is 7.92. The smallest absolute Gasteiger partial charge is 0.232 e. The number of hydrogen-bond acceptors (Lipinski definition) is 4. The van der Waals surface area contributed by atoms with Gasteiger partial charge in [-0.05, 0) is 63.5 Å². The predicted octanol–water partition coefficient (Wildman–Crippen LogP) is 4.27. The van der Waals surface area contributed by atoms with Gasteiger partial charge in [-0.25, -0.2) is 8.42 Å². The van der Waals surface area contributed by atoms with E-state index in [2.05, 4.69) is 39.3 Å². The molecule has 1 saturated heterocycles. The molecule has 0 bridgehead atoms. The van der Waals surface area contributed by atoms with E-state index in [0.717, 1.165) is 40.9 Å². The number of anilines is 2. The van der Waals surface area contributed by atoms with Gasteiger partial charge in [0.25, 0.3) is 0 Å². The third kappa shape index (κ3) is 4.04. The highest BCUT2D eigenvalue weighted by Crippen LogP contribution is 2.37. The van der Waals surface area contributed by atoms with Crippen molar-refractivity contribution >= 4 is 32.3 Å². The summed E-state index contributed by atoms with van der Waals surface area (Å²) in [6.07, 6.45) is 2.57. The number of benzene rings is 2. The van der Waals surface area contributed by atoms with Crippen LogP contribution in [0.25, 0.3) is 22.2 Å². The normalized spacial score (nSPS) is 15.1. The molecule has 0 radical (unpaired) electrons. The van der Waals surface area contributed by atoms with Gasteiger partial charge in [-0.15, -0.1) is 0 Å². The molecule has 0 amide bonds. The maximum Gasteiger partial charge on any atom is 0.232 e. The first-order valence-electron chi connectivity index (χ1n) is 10.7. The van der Waals surface area contributed by atoms with Gasteiger partial charge in [0, 0.05) is 29.7 Å². The Kier molecular flexibility index (Phi) is 5.75. The number of sulfonamides is 1. The van der Waals surface area contributed by atoms with Gasteiger partial charge in [-0.1, -0.05) is 24.3 Å². The highest BCUT2D eigenvalue weighted by atomic mass is 32.2. The lowest BCUT2D eigenvalue weighted by atomic mass is 10.1. The second-order valence-electron chi connectivity index (χ2n) is 7.92. The summed E-state index contributed by atoms with van der Waals surface area (Å²) in [5, 5.41) is 1.06. The van der Waals surface area contributed by atoms with E-state index in [1.807, 2.05) is 12.1 Å².